The van der Waals surface area contributed by atoms with E-state index >= 15 is 0 Å². The maximum absolute atomic E-state index is 12.2. The lowest BCUT2D eigenvalue weighted by Gasteiger charge is -2.15. The van der Waals surface area contributed by atoms with Gasteiger partial charge in [-0.3, -0.25) is 9.59 Å². The van der Waals surface area contributed by atoms with Gasteiger partial charge in [0.25, 0.3) is 5.91 Å². The molecule has 4 nitrogen and oxygen atoms in total. The van der Waals surface area contributed by atoms with Crippen molar-refractivity contribution in [2.24, 2.45) is 5.92 Å². The van der Waals surface area contributed by atoms with Gasteiger partial charge in [-0.25, -0.2) is 4.90 Å². The Morgan fingerprint density at radius 3 is 2.56 bits per heavy atom. The molecule has 1 heterocycles. The van der Waals surface area contributed by atoms with Crippen LogP contribution in [-0.2, 0) is 9.59 Å². The molecular formula is C14H16N2O2. The number of carbonyl (C=O) groups is 2. The highest BCUT2D eigenvalue weighted by Crippen LogP contribution is 2.28. The van der Waals surface area contributed by atoms with Crippen molar-refractivity contribution in [2.75, 3.05) is 11.4 Å². The van der Waals surface area contributed by atoms with Crippen LogP contribution in [0.25, 0.3) is 0 Å². The molecule has 0 radical (unpaired) electrons. The SMILES string of the molecule is O=C1C[C@@H](NCC2CC2)C(=O)N1c1ccccc1. The van der Waals surface area contributed by atoms with Gasteiger partial charge >= 0.3 is 0 Å². The molecule has 2 aliphatic rings. The van der Waals surface area contributed by atoms with Gasteiger partial charge in [-0.2, -0.15) is 0 Å². The maximum atomic E-state index is 12.2. The molecule has 0 aromatic heterocycles. The predicted octanol–water partition coefficient (Wildman–Crippen LogP) is 1.32. The topological polar surface area (TPSA) is 49.4 Å². The average molecular weight is 244 g/mol. The van der Waals surface area contributed by atoms with Gasteiger partial charge in [-0.1, -0.05) is 18.2 Å². The quantitative estimate of drug-likeness (QED) is 0.813. The van der Waals surface area contributed by atoms with Gasteiger partial charge in [0.2, 0.25) is 5.91 Å². The van der Waals surface area contributed by atoms with Crippen molar-refractivity contribution in [2.45, 2.75) is 25.3 Å². The Hall–Kier alpha value is -1.68. The molecule has 4 heteroatoms. The minimum absolute atomic E-state index is 0.112. The Labute approximate surface area is 106 Å². The van der Waals surface area contributed by atoms with E-state index in [0.29, 0.717) is 11.6 Å². The number of hydrogen-bond donors (Lipinski definition) is 1. The fourth-order valence-corrected chi connectivity index (χ4v) is 2.27. The van der Waals surface area contributed by atoms with E-state index in [1.165, 1.54) is 17.7 Å². The van der Waals surface area contributed by atoms with Crippen LogP contribution >= 0.6 is 0 Å². The standard InChI is InChI=1S/C14H16N2O2/c17-13-8-12(15-9-10-6-7-10)14(18)16(13)11-4-2-1-3-5-11/h1-5,10,12,15H,6-9H2/t12-/m1/s1. The highest BCUT2D eigenvalue weighted by Gasteiger charge is 2.39. The summed E-state index contributed by atoms with van der Waals surface area (Å²) in [7, 11) is 0. The Kier molecular flexibility index (Phi) is 2.88. The molecule has 1 saturated heterocycles. The maximum Gasteiger partial charge on any atom is 0.251 e. The third-order valence-electron chi connectivity index (χ3n) is 3.51. The van der Waals surface area contributed by atoms with Crippen molar-refractivity contribution < 1.29 is 9.59 Å². The molecule has 1 saturated carbocycles. The lowest BCUT2D eigenvalue weighted by molar-refractivity contribution is -0.121. The van der Waals surface area contributed by atoms with E-state index in [0.717, 1.165) is 6.54 Å². The second-order valence-corrected chi connectivity index (χ2v) is 5.01. The summed E-state index contributed by atoms with van der Waals surface area (Å²) < 4.78 is 0. The zero-order valence-corrected chi connectivity index (χ0v) is 10.1. The number of hydrogen-bond acceptors (Lipinski definition) is 3. The molecule has 1 aromatic carbocycles. The van der Waals surface area contributed by atoms with Crippen LogP contribution in [0.5, 0.6) is 0 Å². The summed E-state index contributed by atoms with van der Waals surface area (Å²) in [5, 5.41) is 3.21. The van der Waals surface area contributed by atoms with Crippen molar-refractivity contribution in [3.8, 4) is 0 Å². The summed E-state index contributed by atoms with van der Waals surface area (Å²) in [5.74, 6) is 0.477. The highest BCUT2D eigenvalue weighted by molar-refractivity contribution is 6.22. The Morgan fingerprint density at radius 2 is 1.89 bits per heavy atom. The Morgan fingerprint density at radius 1 is 1.17 bits per heavy atom. The van der Waals surface area contributed by atoms with Crippen LogP contribution in [0.4, 0.5) is 5.69 Å². The van der Waals surface area contributed by atoms with Crippen molar-refractivity contribution in [3.05, 3.63) is 30.3 Å². The molecule has 0 bridgehead atoms. The van der Waals surface area contributed by atoms with Gasteiger partial charge in [0.15, 0.2) is 0 Å². The van der Waals surface area contributed by atoms with Crippen molar-refractivity contribution in [1.82, 2.24) is 5.32 Å². The summed E-state index contributed by atoms with van der Waals surface area (Å²) in [5.41, 5.74) is 0.670. The molecule has 1 aliphatic heterocycles. The zero-order chi connectivity index (χ0) is 12.5. The molecule has 18 heavy (non-hydrogen) atoms. The van der Waals surface area contributed by atoms with E-state index in [1.807, 2.05) is 18.2 Å². The Balaban J connectivity index is 1.71. The van der Waals surface area contributed by atoms with Gasteiger partial charge in [0.1, 0.15) is 0 Å². The largest absolute Gasteiger partial charge is 0.305 e. The number of nitrogens with one attached hydrogen (secondary N) is 1. The van der Waals surface area contributed by atoms with E-state index in [9.17, 15) is 9.59 Å². The normalized spacial score (nSPS) is 23.8. The molecule has 2 fully saturated rings. The Bertz CT molecular complexity index is 468. The van der Waals surface area contributed by atoms with Gasteiger partial charge in [-0.05, 0) is 37.4 Å². The predicted molar refractivity (Wildman–Crippen MR) is 68.1 cm³/mol. The molecule has 1 aromatic rings. The summed E-state index contributed by atoms with van der Waals surface area (Å²) >= 11 is 0. The first kappa shape index (κ1) is 11.4. The molecule has 3 rings (SSSR count). The van der Waals surface area contributed by atoms with Crippen LogP contribution in [0.1, 0.15) is 19.3 Å². The van der Waals surface area contributed by atoms with Crippen LogP contribution in [-0.4, -0.2) is 24.4 Å². The minimum Gasteiger partial charge on any atom is -0.305 e. The second-order valence-electron chi connectivity index (χ2n) is 5.01. The van der Waals surface area contributed by atoms with Gasteiger partial charge in [0.05, 0.1) is 18.2 Å². The van der Waals surface area contributed by atoms with Crippen molar-refractivity contribution in [1.29, 1.82) is 0 Å². The number of amides is 2. The fourth-order valence-electron chi connectivity index (χ4n) is 2.27. The van der Waals surface area contributed by atoms with Crippen LogP contribution in [0.3, 0.4) is 0 Å². The molecule has 1 N–H and O–H groups in total. The molecular weight excluding hydrogens is 228 g/mol. The lowest BCUT2D eigenvalue weighted by atomic mass is 10.2. The third-order valence-corrected chi connectivity index (χ3v) is 3.51. The van der Waals surface area contributed by atoms with E-state index in [4.69, 9.17) is 0 Å². The number of rotatable bonds is 4. The lowest BCUT2D eigenvalue weighted by Crippen LogP contribution is -2.39. The molecule has 1 aliphatic carbocycles. The van der Waals surface area contributed by atoms with Crippen LogP contribution < -0.4 is 10.2 Å². The minimum atomic E-state index is -0.335. The number of para-hydroxylation sites is 1. The molecule has 0 spiro atoms. The van der Waals surface area contributed by atoms with Crippen molar-refractivity contribution in [3.63, 3.8) is 0 Å². The van der Waals surface area contributed by atoms with Gasteiger partial charge in [0, 0.05) is 0 Å². The number of anilines is 1. The molecule has 1 atom stereocenters. The summed E-state index contributed by atoms with van der Waals surface area (Å²) in [4.78, 5) is 25.4. The highest BCUT2D eigenvalue weighted by atomic mass is 16.2. The average Bonchev–Trinajstić information content (AvgIpc) is 3.15. The van der Waals surface area contributed by atoms with E-state index in [2.05, 4.69) is 5.32 Å². The monoisotopic (exact) mass is 244 g/mol. The summed E-state index contributed by atoms with van der Waals surface area (Å²) in [6.45, 7) is 0.853. The second kappa shape index (κ2) is 4.53. The number of benzene rings is 1. The third kappa shape index (κ3) is 2.16. The van der Waals surface area contributed by atoms with E-state index in [1.54, 1.807) is 12.1 Å². The summed E-state index contributed by atoms with van der Waals surface area (Å²) in [6, 6.07) is 8.79. The zero-order valence-electron chi connectivity index (χ0n) is 10.1. The smallest absolute Gasteiger partial charge is 0.251 e. The van der Waals surface area contributed by atoms with E-state index in [-0.39, 0.29) is 24.3 Å². The van der Waals surface area contributed by atoms with E-state index < -0.39 is 0 Å². The first-order valence-electron chi connectivity index (χ1n) is 6.41. The summed E-state index contributed by atoms with van der Waals surface area (Å²) in [6.07, 6.45) is 2.76. The number of imide groups is 1. The number of carbonyl (C=O) groups excluding carboxylic acids is 2. The van der Waals surface area contributed by atoms with Crippen LogP contribution in [0.15, 0.2) is 30.3 Å². The van der Waals surface area contributed by atoms with Crippen LogP contribution in [0, 0.1) is 5.92 Å². The van der Waals surface area contributed by atoms with Crippen molar-refractivity contribution >= 4 is 17.5 Å². The van der Waals surface area contributed by atoms with Crippen LogP contribution in [0.2, 0.25) is 0 Å². The fraction of sp³-hybridized carbons (Fsp3) is 0.429. The first-order valence-corrected chi connectivity index (χ1v) is 6.41. The molecule has 2 amide bonds. The van der Waals surface area contributed by atoms with Gasteiger partial charge in [-0.15, -0.1) is 0 Å². The number of nitrogens with zero attached hydrogens (tertiary/aromatic N) is 1. The first-order chi connectivity index (χ1) is 8.75. The molecule has 94 valence electrons. The van der Waals surface area contributed by atoms with Gasteiger partial charge < -0.3 is 5.32 Å². The molecule has 0 unspecified atom stereocenters.